The van der Waals surface area contributed by atoms with Crippen LogP contribution in [0.25, 0.3) is 0 Å². The standard InChI is InChI=1S/C24H28N2O4/c1-16-19-13-21-22(30-11-10-29-21)14-20(19)24(8-3-4-9-24)15-26(16)23(27)25-17-6-5-7-18(12-17)28-2/h5-7,12-14,16H,3-4,8-11,15H2,1-2H3,(H,25,27). The average molecular weight is 408 g/mol. The van der Waals surface area contributed by atoms with Crippen LogP contribution in [0.5, 0.6) is 17.2 Å². The first-order valence-electron chi connectivity index (χ1n) is 10.8. The van der Waals surface area contributed by atoms with Crippen LogP contribution in [0.1, 0.15) is 49.8 Å². The minimum Gasteiger partial charge on any atom is -0.497 e. The van der Waals surface area contributed by atoms with Gasteiger partial charge in [0.1, 0.15) is 19.0 Å². The summed E-state index contributed by atoms with van der Waals surface area (Å²) in [5, 5.41) is 3.07. The number of hydrogen-bond acceptors (Lipinski definition) is 4. The van der Waals surface area contributed by atoms with E-state index >= 15 is 0 Å². The summed E-state index contributed by atoms with van der Waals surface area (Å²) in [7, 11) is 1.63. The number of carbonyl (C=O) groups excluding carboxylic acids is 1. The van der Waals surface area contributed by atoms with E-state index in [1.54, 1.807) is 7.11 Å². The molecule has 2 amide bonds. The third-order valence-electron chi connectivity index (χ3n) is 6.82. The van der Waals surface area contributed by atoms with Crippen LogP contribution in [0, 0.1) is 0 Å². The predicted octanol–water partition coefficient (Wildman–Crippen LogP) is 4.89. The quantitative estimate of drug-likeness (QED) is 0.769. The van der Waals surface area contributed by atoms with Crippen molar-refractivity contribution in [1.29, 1.82) is 0 Å². The fraction of sp³-hybridized carbons (Fsp3) is 0.458. The van der Waals surface area contributed by atoms with Gasteiger partial charge in [-0.25, -0.2) is 4.79 Å². The van der Waals surface area contributed by atoms with Crippen molar-refractivity contribution in [2.24, 2.45) is 0 Å². The third kappa shape index (κ3) is 3.15. The van der Waals surface area contributed by atoms with Gasteiger partial charge in [0.15, 0.2) is 11.5 Å². The second-order valence-electron chi connectivity index (χ2n) is 8.54. The van der Waals surface area contributed by atoms with Crippen molar-refractivity contribution < 1.29 is 19.0 Å². The monoisotopic (exact) mass is 408 g/mol. The summed E-state index contributed by atoms with van der Waals surface area (Å²) >= 11 is 0. The maximum Gasteiger partial charge on any atom is 0.322 e. The highest BCUT2D eigenvalue weighted by atomic mass is 16.6. The Morgan fingerprint density at radius 3 is 2.60 bits per heavy atom. The fourth-order valence-corrected chi connectivity index (χ4v) is 5.25. The number of rotatable bonds is 2. The normalized spacial score (nSPS) is 21.3. The SMILES string of the molecule is COc1cccc(NC(=O)N2CC3(CCCC3)c3cc4c(cc3C2C)OCCO4)c1. The highest BCUT2D eigenvalue weighted by Gasteiger charge is 2.46. The molecule has 2 aromatic carbocycles. The summed E-state index contributed by atoms with van der Waals surface area (Å²) in [5.41, 5.74) is 3.24. The lowest BCUT2D eigenvalue weighted by Gasteiger charge is -2.46. The molecule has 2 heterocycles. The van der Waals surface area contributed by atoms with Gasteiger partial charge in [-0.15, -0.1) is 0 Å². The second kappa shape index (κ2) is 7.42. The number of methoxy groups -OCH3 is 1. The fourth-order valence-electron chi connectivity index (χ4n) is 5.25. The molecule has 158 valence electrons. The second-order valence-corrected chi connectivity index (χ2v) is 8.54. The van der Waals surface area contributed by atoms with Crippen LogP contribution in [0.15, 0.2) is 36.4 Å². The van der Waals surface area contributed by atoms with Crippen molar-refractivity contribution in [3.63, 3.8) is 0 Å². The Bertz CT molecular complexity index is 968. The minimum absolute atomic E-state index is 0.0105. The smallest absolute Gasteiger partial charge is 0.322 e. The van der Waals surface area contributed by atoms with Gasteiger partial charge in [-0.2, -0.15) is 0 Å². The topological polar surface area (TPSA) is 60.0 Å². The average Bonchev–Trinajstić information content (AvgIpc) is 3.25. The Morgan fingerprint density at radius 1 is 1.13 bits per heavy atom. The molecule has 6 nitrogen and oxygen atoms in total. The molecule has 0 aromatic heterocycles. The molecule has 0 radical (unpaired) electrons. The van der Waals surface area contributed by atoms with Gasteiger partial charge in [-0.05, 0) is 55.2 Å². The van der Waals surface area contributed by atoms with Crippen LogP contribution in [0.2, 0.25) is 0 Å². The van der Waals surface area contributed by atoms with E-state index in [0.29, 0.717) is 13.2 Å². The Labute approximate surface area is 177 Å². The lowest BCUT2D eigenvalue weighted by molar-refractivity contribution is 0.149. The van der Waals surface area contributed by atoms with Gasteiger partial charge in [0.2, 0.25) is 0 Å². The summed E-state index contributed by atoms with van der Waals surface area (Å²) in [6, 6.07) is 11.6. The van der Waals surface area contributed by atoms with Gasteiger partial charge in [0.25, 0.3) is 0 Å². The molecule has 1 saturated carbocycles. The molecule has 3 aliphatic rings. The number of nitrogens with one attached hydrogen (secondary N) is 1. The van der Waals surface area contributed by atoms with E-state index in [0.717, 1.165) is 42.3 Å². The zero-order valence-corrected chi connectivity index (χ0v) is 17.6. The maximum absolute atomic E-state index is 13.3. The molecule has 1 N–H and O–H groups in total. The van der Waals surface area contributed by atoms with Crippen molar-refractivity contribution in [3.8, 4) is 17.2 Å². The molecular weight excluding hydrogens is 380 g/mol. The highest BCUT2D eigenvalue weighted by Crippen LogP contribution is 2.52. The van der Waals surface area contributed by atoms with E-state index in [2.05, 4.69) is 24.4 Å². The molecule has 1 atom stereocenters. The molecule has 1 fully saturated rings. The number of urea groups is 1. The Balaban J connectivity index is 1.49. The van der Waals surface area contributed by atoms with Crippen molar-refractivity contribution in [1.82, 2.24) is 4.90 Å². The van der Waals surface area contributed by atoms with Crippen LogP contribution in [-0.2, 0) is 5.41 Å². The molecule has 1 spiro atoms. The number of carbonyl (C=O) groups is 1. The van der Waals surface area contributed by atoms with E-state index < -0.39 is 0 Å². The van der Waals surface area contributed by atoms with Crippen molar-refractivity contribution >= 4 is 11.7 Å². The molecule has 1 aliphatic carbocycles. The molecule has 30 heavy (non-hydrogen) atoms. The lowest BCUT2D eigenvalue weighted by Crippen LogP contribution is -2.50. The maximum atomic E-state index is 13.3. The number of amides is 2. The van der Waals surface area contributed by atoms with Crippen LogP contribution in [0.3, 0.4) is 0 Å². The van der Waals surface area contributed by atoms with Gasteiger partial charge in [-0.3, -0.25) is 0 Å². The number of benzene rings is 2. The first-order valence-corrected chi connectivity index (χ1v) is 10.8. The van der Waals surface area contributed by atoms with E-state index in [4.69, 9.17) is 14.2 Å². The summed E-state index contributed by atoms with van der Waals surface area (Å²) in [5.74, 6) is 2.35. The van der Waals surface area contributed by atoms with Gasteiger partial charge in [-0.1, -0.05) is 18.9 Å². The summed E-state index contributed by atoms with van der Waals surface area (Å²) in [6.45, 7) is 3.97. The number of hydrogen-bond donors (Lipinski definition) is 1. The van der Waals surface area contributed by atoms with Gasteiger partial charge in [0.05, 0.1) is 13.2 Å². The lowest BCUT2D eigenvalue weighted by atomic mass is 9.71. The van der Waals surface area contributed by atoms with Gasteiger partial charge >= 0.3 is 6.03 Å². The molecule has 0 bridgehead atoms. The van der Waals surface area contributed by atoms with Crippen LogP contribution in [0.4, 0.5) is 10.5 Å². The highest BCUT2D eigenvalue weighted by molar-refractivity contribution is 5.90. The Morgan fingerprint density at radius 2 is 1.87 bits per heavy atom. The van der Waals surface area contributed by atoms with E-state index in [-0.39, 0.29) is 17.5 Å². The van der Waals surface area contributed by atoms with Gasteiger partial charge < -0.3 is 24.4 Å². The van der Waals surface area contributed by atoms with Crippen molar-refractivity contribution in [2.75, 3.05) is 32.2 Å². The zero-order chi connectivity index (χ0) is 20.7. The molecular formula is C24H28N2O4. The molecule has 2 aliphatic heterocycles. The molecule has 1 unspecified atom stereocenters. The molecule has 6 heteroatoms. The summed E-state index contributed by atoms with van der Waals surface area (Å²) in [4.78, 5) is 15.3. The first kappa shape index (κ1) is 19.1. The molecule has 5 rings (SSSR count). The van der Waals surface area contributed by atoms with E-state index in [1.165, 1.54) is 24.0 Å². The van der Waals surface area contributed by atoms with Crippen molar-refractivity contribution in [3.05, 3.63) is 47.5 Å². The third-order valence-corrected chi connectivity index (χ3v) is 6.82. The number of fused-ring (bicyclic) bond motifs is 3. The predicted molar refractivity (Wildman–Crippen MR) is 115 cm³/mol. The summed E-state index contributed by atoms with van der Waals surface area (Å²) < 4.78 is 17.0. The Hall–Kier alpha value is -2.89. The first-order chi connectivity index (χ1) is 14.6. The van der Waals surface area contributed by atoms with Crippen LogP contribution in [-0.4, -0.2) is 37.8 Å². The van der Waals surface area contributed by atoms with Crippen molar-refractivity contribution in [2.45, 2.75) is 44.1 Å². The molecule has 0 saturated heterocycles. The number of nitrogens with zero attached hydrogens (tertiary/aromatic N) is 1. The molecule has 2 aromatic rings. The van der Waals surface area contributed by atoms with E-state index in [9.17, 15) is 4.79 Å². The minimum atomic E-state index is -0.0810. The van der Waals surface area contributed by atoms with Gasteiger partial charge in [0, 0.05) is 23.7 Å². The van der Waals surface area contributed by atoms with E-state index in [1.807, 2.05) is 29.2 Å². The Kier molecular flexibility index (Phi) is 4.72. The van der Waals surface area contributed by atoms with Crippen LogP contribution < -0.4 is 19.5 Å². The number of anilines is 1. The largest absolute Gasteiger partial charge is 0.497 e. The zero-order valence-electron chi connectivity index (χ0n) is 17.6. The number of ether oxygens (including phenoxy) is 3. The van der Waals surface area contributed by atoms with Crippen LogP contribution >= 0.6 is 0 Å². The summed E-state index contributed by atoms with van der Waals surface area (Å²) in [6.07, 6.45) is 4.56.